The zero-order valence-electron chi connectivity index (χ0n) is 11.6. The Morgan fingerprint density at radius 2 is 2.28 bits per heavy atom. The molecule has 0 heterocycles. The van der Waals surface area contributed by atoms with E-state index in [9.17, 15) is 4.79 Å². The number of fused-ring (bicyclic) bond motifs is 2. The largest absolute Gasteiger partial charge is 0.435 e. The second-order valence-corrected chi connectivity index (χ2v) is 6.63. The first-order valence-electron chi connectivity index (χ1n) is 6.54. The fourth-order valence-electron chi connectivity index (χ4n) is 3.57. The molecule has 99 valence electrons. The number of allylic oxidation sites excluding steroid dienone is 1. The Morgan fingerprint density at radius 1 is 1.61 bits per heavy atom. The average molecular weight is 266 g/mol. The minimum Gasteiger partial charge on any atom is -0.435 e. The SMILES string of the molecule is CC(=O)NC[B]O[C@@H]1C[C@@H]2C(C)=C(C1P)C2(C)C. The smallest absolute Gasteiger partial charge is 0.313 e. The lowest BCUT2D eigenvalue weighted by Crippen LogP contribution is -2.53. The summed E-state index contributed by atoms with van der Waals surface area (Å²) in [5, 5.41) is 2.71. The molecule has 2 bridgehead atoms. The molecule has 1 N–H and O–H groups in total. The maximum atomic E-state index is 10.7. The van der Waals surface area contributed by atoms with Gasteiger partial charge in [-0.3, -0.25) is 4.79 Å². The molecule has 5 heteroatoms. The predicted octanol–water partition coefficient (Wildman–Crippen LogP) is 1.70. The number of carbonyl (C=O) groups is 1. The van der Waals surface area contributed by atoms with E-state index in [1.54, 1.807) is 18.6 Å². The summed E-state index contributed by atoms with van der Waals surface area (Å²) in [6.45, 7) is 8.42. The zero-order chi connectivity index (χ0) is 13.5. The van der Waals surface area contributed by atoms with Crippen molar-refractivity contribution in [2.75, 3.05) is 6.44 Å². The molecule has 4 atom stereocenters. The molecule has 18 heavy (non-hydrogen) atoms. The summed E-state index contributed by atoms with van der Waals surface area (Å²) < 4.78 is 5.79. The highest BCUT2D eigenvalue weighted by Gasteiger charge is 2.53. The third kappa shape index (κ3) is 2.25. The maximum absolute atomic E-state index is 10.7. The Balaban J connectivity index is 1.87. The van der Waals surface area contributed by atoms with E-state index in [0.717, 1.165) is 6.42 Å². The molecule has 3 aliphatic rings. The molecule has 2 unspecified atom stereocenters. The number of rotatable bonds is 4. The summed E-state index contributed by atoms with van der Waals surface area (Å²) in [6, 6.07) is 0. The lowest BCUT2D eigenvalue weighted by molar-refractivity contribution is -0.118. The molecule has 3 rings (SSSR count). The van der Waals surface area contributed by atoms with Crippen LogP contribution in [0.2, 0.25) is 0 Å². The van der Waals surface area contributed by atoms with Crippen molar-refractivity contribution in [3.63, 3.8) is 0 Å². The second kappa shape index (κ2) is 4.98. The molecule has 0 spiro atoms. The Morgan fingerprint density at radius 3 is 2.78 bits per heavy atom. The van der Waals surface area contributed by atoms with Gasteiger partial charge in [-0.15, -0.1) is 9.24 Å². The molecule has 1 radical (unpaired) electrons. The van der Waals surface area contributed by atoms with Gasteiger partial charge in [0.1, 0.15) is 0 Å². The van der Waals surface area contributed by atoms with E-state index in [0.29, 0.717) is 23.4 Å². The van der Waals surface area contributed by atoms with Crippen molar-refractivity contribution in [3.05, 3.63) is 11.1 Å². The van der Waals surface area contributed by atoms with Gasteiger partial charge >= 0.3 is 7.48 Å². The normalized spacial score (nSPS) is 32.8. The van der Waals surface area contributed by atoms with Crippen LogP contribution in [0.25, 0.3) is 0 Å². The van der Waals surface area contributed by atoms with Crippen molar-refractivity contribution in [1.82, 2.24) is 5.32 Å². The van der Waals surface area contributed by atoms with Crippen molar-refractivity contribution >= 4 is 22.6 Å². The van der Waals surface area contributed by atoms with E-state index in [1.165, 1.54) is 6.92 Å². The van der Waals surface area contributed by atoms with E-state index < -0.39 is 0 Å². The molecule has 3 aliphatic carbocycles. The number of hydrogen-bond acceptors (Lipinski definition) is 2. The molecule has 0 aromatic carbocycles. The summed E-state index contributed by atoms with van der Waals surface area (Å²) in [6.07, 6.45) is 1.79. The summed E-state index contributed by atoms with van der Waals surface area (Å²) >= 11 is 0. The molecule has 0 aromatic rings. The van der Waals surface area contributed by atoms with Gasteiger partial charge in [0.2, 0.25) is 5.91 Å². The van der Waals surface area contributed by atoms with Crippen LogP contribution in [-0.2, 0) is 9.45 Å². The van der Waals surface area contributed by atoms with Gasteiger partial charge in [0.25, 0.3) is 0 Å². The highest BCUT2D eigenvalue weighted by atomic mass is 31.0. The minimum atomic E-state index is -0.0246. The van der Waals surface area contributed by atoms with Crippen LogP contribution in [0.1, 0.15) is 34.1 Å². The number of hydrogen-bond donors (Lipinski definition) is 1. The average Bonchev–Trinajstić information content (AvgIpc) is 2.25. The first kappa shape index (κ1) is 14.1. The van der Waals surface area contributed by atoms with Gasteiger partial charge in [-0.2, -0.15) is 0 Å². The van der Waals surface area contributed by atoms with Crippen molar-refractivity contribution in [3.8, 4) is 0 Å². The minimum absolute atomic E-state index is 0.0246. The molecule has 0 saturated heterocycles. The van der Waals surface area contributed by atoms with E-state index in [2.05, 4.69) is 35.3 Å². The maximum Gasteiger partial charge on any atom is 0.313 e. The zero-order valence-corrected chi connectivity index (χ0v) is 12.8. The summed E-state index contributed by atoms with van der Waals surface area (Å²) in [5.74, 6) is 0.631. The monoisotopic (exact) mass is 266 g/mol. The Hall–Kier alpha value is -0.335. The summed E-state index contributed by atoms with van der Waals surface area (Å²) in [7, 11) is 4.65. The van der Waals surface area contributed by atoms with E-state index in [1.807, 2.05) is 0 Å². The van der Waals surface area contributed by atoms with Gasteiger partial charge in [0, 0.05) is 19.0 Å². The van der Waals surface area contributed by atoms with Gasteiger partial charge < -0.3 is 9.97 Å². The van der Waals surface area contributed by atoms with Gasteiger partial charge in [-0.05, 0) is 24.7 Å². The van der Waals surface area contributed by atoms with Gasteiger partial charge in [0.15, 0.2) is 0 Å². The third-order valence-corrected chi connectivity index (χ3v) is 5.18. The number of amides is 1. The highest BCUT2D eigenvalue weighted by Crippen LogP contribution is 2.60. The molecule has 1 amide bonds. The van der Waals surface area contributed by atoms with E-state index in [4.69, 9.17) is 4.65 Å². The van der Waals surface area contributed by atoms with Crippen LogP contribution in [0.4, 0.5) is 0 Å². The topological polar surface area (TPSA) is 38.3 Å². The van der Waals surface area contributed by atoms with Crippen LogP contribution in [0.5, 0.6) is 0 Å². The second-order valence-electron chi connectivity index (χ2n) is 5.91. The van der Waals surface area contributed by atoms with Crippen molar-refractivity contribution < 1.29 is 9.45 Å². The molecule has 0 aliphatic heterocycles. The first-order valence-corrected chi connectivity index (χ1v) is 7.20. The van der Waals surface area contributed by atoms with Gasteiger partial charge in [0.05, 0.1) is 6.10 Å². The lowest BCUT2D eigenvalue weighted by atomic mass is 9.51. The molecule has 3 nitrogen and oxygen atoms in total. The number of carbonyl (C=O) groups excluding carboxylic acids is 1. The molecule has 1 saturated carbocycles. The van der Waals surface area contributed by atoms with Crippen LogP contribution in [0.15, 0.2) is 11.1 Å². The Labute approximate surface area is 113 Å². The van der Waals surface area contributed by atoms with Crippen LogP contribution in [-0.4, -0.2) is 31.6 Å². The lowest BCUT2D eigenvalue weighted by Gasteiger charge is -2.57. The highest BCUT2D eigenvalue weighted by molar-refractivity contribution is 7.18. The standard InChI is InChI=1S/C13H22BNO2P/c1-7-9-5-10(17-14-6-15-8(2)16)12(18)11(7)13(9,3)4/h9-10,12H,5-6,18H2,1-4H3,(H,15,16)/t9-,10-,12?/m1/s1. The summed E-state index contributed by atoms with van der Waals surface area (Å²) in [4.78, 5) is 10.7. The summed E-state index contributed by atoms with van der Waals surface area (Å²) in [5.41, 5.74) is 3.84. The van der Waals surface area contributed by atoms with Crippen LogP contribution in [0, 0.1) is 11.3 Å². The van der Waals surface area contributed by atoms with E-state index >= 15 is 0 Å². The fourth-order valence-corrected chi connectivity index (χ4v) is 4.51. The van der Waals surface area contributed by atoms with Crippen molar-refractivity contribution in [2.24, 2.45) is 11.3 Å². The molecular weight excluding hydrogens is 244 g/mol. The quantitative estimate of drug-likeness (QED) is 0.364. The van der Waals surface area contributed by atoms with Crippen LogP contribution < -0.4 is 5.32 Å². The van der Waals surface area contributed by atoms with Crippen molar-refractivity contribution in [2.45, 2.75) is 45.9 Å². The van der Waals surface area contributed by atoms with E-state index in [-0.39, 0.29) is 12.0 Å². The number of nitrogens with one attached hydrogen (secondary N) is 1. The van der Waals surface area contributed by atoms with Crippen molar-refractivity contribution in [1.29, 1.82) is 0 Å². The first-order chi connectivity index (χ1) is 8.35. The Kier molecular flexibility index (Phi) is 3.89. The fraction of sp³-hybridized carbons (Fsp3) is 0.769. The van der Waals surface area contributed by atoms with Gasteiger partial charge in [-0.25, -0.2) is 0 Å². The van der Waals surface area contributed by atoms with Crippen LogP contribution in [0.3, 0.4) is 0 Å². The molecule has 1 fully saturated rings. The molecule has 0 aromatic heterocycles. The molecular formula is C13H22BNO2P. The Bertz CT molecular complexity index is 394. The van der Waals surface area contributed by atoms with Crippen LogP contribution >= 0.6 is 9.24 Å². The predicted molar refractivity (Wildman–Crippen MR) is 77.4 cm³/mol. The van der Waals surface area contributed by atoms with Gasteiger partial charge in [-0.1, -0.05) is 25.0 Å². The third-order valence-electron chi connectivity index (χ3n) is 4.42.